The predicted molar refractivity (Wildman–Crippen MR) is 89.8 cm³/mol. The van der Waals surface area contributed by atoms with E-state index in [1.165, 1.54) is 0 Å². The maximum atomic E-state index is 12.3. The molecule has 120 valence electrons. The van der Waals surface area contributed by atoms with Crippen LogP contribution in [0.2, 0.25) is 0 Å². The van der Waals surface area contributed by atoms with Crippen molar-refractivity contribution in [3.63, 3.8) is 0 Å². The van der Waals surface area contributed by atoms with Crippen molar-refractivity contribution in [1.29, 1.82) is 0 Å². The molecular formula is C18H20N2O3. The lowest BCUT2D eigenvalue weighted by Crippen LogP contribution is -2.14. The number of primary amides is 1. The summed E-state index contributed by atoms with van der Waals surface area (Å²) in [7, 11) is 0. The van der Waals surface area contributed by atoms with Crippen LogP contribution in [0.3, 0.4) is 0 Å². The van der Waals surface area contributed by atoms with E-state index in [-0.39, 0.29) is 5.91 Å². The van der Waals surface area contributed by atoms with Crippen molar-refractivity contribution in [1.82, 2.24) is 0 Å². The van der Waals surface area contributed by atoms with Crippen molar-refractivity contribution in [2.24, 2.45) is 5.73 Å². The molecule has 0 radical (unpaired) electrons. The second-order valence-corrected chi connectivity index (χ2v) is 5.13. The topological polar surface area (TPSA) is 81.4 Å². The summed E-state index contributed by atoms with van der Waals surface area (Å²) in [6.07, 6.45) is 2.02. The lowest BCUT2D eigenvalue weighted by Gasteiger charge is -2.09. The fourth-order valence-corrected chi connectivity index (χ4v) is 2.01. The van der Waals surface area contributed by atoms with Crippen molar-refractivity contribution in [2.45, 2.75) is 19.8 Å². The number of hydrogen-bond donors (Lipinski definition) is 2. The second kappa shape index (κ2) is 7.98. The Balaban J connectivity index is 2.07. The molecular weight excluding hydrogens is 292 g/mol. The molecule has 5 nitrogen and oxygen atoms in total. The van der Waals surface area contributed by atoms with Gasteiger partial charge in [-0.1, -0.05) is 25.5 Å². The Labute approximate surface area is 135 Å². The van der Waals surface area contributed by atoms with Gasteiger partial charge in [0, 0.05) is 16.8 Å². The Kier molecular flexibility index (Phi) is 5.74. The van der Waals surface area contributed by atoms with Gasteiger partial charge >= 0.3 is 0 Å². The first-order valence-electron chi connectivity index (χ1n) is 7.54. The van der Waals surface area contributed by atoms with Gasteiger partial charge in [-0.2, -0.15) is 0 Å². The molecule has 23 heavy (non-hydrogen) atoms. The average Bonchev–Trinajstić information content (AvgIpc) is 2.55. The zero-order valence-electron chi connectivity index (χ0n) is 13.0. The highest BCUT2D eigenvalue weighted by Crippen LogP contribution is 2.16. The average molecular weight is 312 g/mol. The molecule has 2 amide bonds. The highest BCUT2D eigenvalue weighted by molar-refractivity contribution is 6.05. The van der Waals surface area contributed by atoms with E-state index in [1.54, 1.807) is 42.5 Å². The molecule has 0 atom stereocenters. The number of rotatable bonds is 7. The third kappa shape index (κ3) is 4.85. The molecule has 0 fully saturated rings. The number of anilines is 1. The van der Waals surface area contributed by atoms with Gasteiger partial charge in [-0.15, -0.1) is 0 Å². The van der Waals surface area contributed by atoms with E-state index in [2.05, 4.69) is 12.2 Å². The monoisotopic (exact) mass is 312 g/mol. The van der Waals surface area contributed by atoms with E-state index in [0.29, 0.717) is 29.2 Å². The third-order valence-electron chi connectivity index (χ3n) is 3.27. The van der Waals surface area contributed by atoms with E-state index >= 15 is 0 Å². The van der Waals surface area contributed by atoms with Crippen LogP contribution in [0.15, 0.2) is 48.5 Å². The van der Waals surface area contributed by atoms with Crippen molar-refractivity contribution >= 4 is 17.5 Å². The Morgan fingerprint density at radius 1 is 1.09 bits per heavy atom. The smallest absolute Gasteiger partial charge is 0.255 e. The number of unbranched alkanes of at least 4 members (excludes halogenated alkanes) is 1. The molecule has 5 heteroatoms. The van der Waals surface area contributed by atoms with Crippen LogP contribution in [-0.2, 0) is 0 Å². The number of amides is 2. The normalized spacial score (nSPS) is 10.1. The Bertz CT molecular complexity index is 698. The summed E-state index contributed by atoms with van der Waals surface area (Å²) in [5.74, 6) is -0.142. The fourth-order valence-electron chi connectivity index (χ4n) is 2.01. The first-order chi connectivity index (χ1) is 11.1. The molecule has 2 aromatic carbocycles. The standard InChI is InChI=1S/C18H20N2O3/c1-2-3-10-23-16-9-5-7-14(12-16)18(22)20-15-8-4-6-13(11-15)17(19)21/h4-9,11-12H,2-3,10H2,1H3,(H2,19,21)(H,20,22). The number of carbonyl (C=O) groups excluding carboxylic acids is 2. The summed E-state index contributed by atoms with van der Waals surface area (Å²) in [6.45, 7) is 2.72. The molecule has 3 N–H and O–H groups in total. The molecule has 2 aromatic rings. The minimum Gasteiger partial charge on any atom is -0.494 e. The molecule has 0 aliphatic carbocycles. The number of ether oxygens (including phenoxy) is 1. The van der Waals surface area contributed by atoms with Crippen molar-refractivity contribution < 1.29 is 14.3 Å². The molecule has 0 aromatic heterocycles. The van der Waals surface area contributed by atoms with E-state index in [1.807, 2.05) is 6.07 Å². The number of hydrogen-bond acceptors (Lipinski definition) is 3. The highest BCUT2D eigenvalue weighted by atomic mass is 16.5. The molecule has 0 saturated carbocycles. The van der Waals surface area contributed by atoms with Crippen LogP contribution in [0.5, 0.6) is 5.75 Å². The lowest BCUT2D eigenvalue weighted by molar-refractivity contribution is 0.0996. The van der Waals surface area contributed by atoms with E-state index in [4.69, 9.17) is 10.5 Å². The number of nitrogens with two attached hydrogens (primary N) is 1. The van der Waals surface area contributed by atoms with Gasteiger partial charge < -0.3 is 15.8 Å². The summed E-state index contributed by atoms with van der Waals surface area (Å²) in [5.41, 5.74) is 6.59. The molecule has 2 rings (SSSR count). The lowest BCUT2D eigenvalue weighted by atomic mass is 10.1. The van der Waals surface area contributed by atoms with E-state index in [9.17, 15) is 9.59 Å². The van der Waals surface area contributed by atoms with Gasteiger partial charge in [0.05, 0.1) is 6.61 Å². The summed E-state index contributed by atoms with van der Waals surface area (Å²) >= 11 is 0. The first-order valence-corrected chi connectivity index (χ1v) is 7.54. The summed E-state index contributed by atoms with van der Waals surface area (Å²) < 4.78 is 5.60. The summed E-state index contributed by atoms with van der Waals surface area (Å²) in [6, 6.07) is 13.5. The van der Waals surface area contributed by atoms with Crippen LogP contribution >= 0.6 is 0 Å². The van der Waals surface area contributed by atoms with Crippen LogP contribution in [-0.4, -0.2) is 18.4 Å². The molecule has 0 bridgehead atoms. The molecule has 0 saturated heterocycles. The van der Waals surface area contributed by atoms with Gasteiger partial charge in [0.2, 0.25) is 5.91 Å². The third-order valence-corrected chi connectivity index (χ3v) is 3.27. The SMILES string of the molecule is CCCCOc1cccc(C(=O)Nc2cccc(C(N)=O)c2)c1. The number of nitrogens with one attached hydrogen (secondary N) is 1. The summed E-state index contributed by atoms with van der Waals surface area (Å²) in [5, 5.41) is 2.75. The van der Waals surface area contributed by atoms with Gasteiger partial charge in [0.15, 0.2) is 0 Å². The Morgan fingerprint density at radius 3 is 2.57 bits per heavy atom. The minimum atomic E-state index is -0.535. The molecule has 0 aliphatic heterocycles. The van der Waals surface area contributed by atoms with Crippen LogP contribution in [0, 0.1) is 0 Å². The largest absolute Gasteiger partial charge is 0.494 e. The van der Waals surface area contributed by atoms with Crippen LogP contribution < -0.4 is 15.8 Å². The fraction of sp³-hybridized carbons (Fsp3) is 0.222. The maximum absolute atomic E-state index is 12.3. The van der Waals surface area contributed by atoms with E-state index in [0.717, 1.165) is 12.8 Å². The second-order valence-electron chi connectivity index (χ2n) is 5.13. The summed E-state index contributed by atoms with van der Waals surface area (Å²) in [4.78, 5) is 23.5. The van der Waals surface area contributed by atoms with Gasteiger partial charge in [-0.25, -0.2) is 0 Å². The van der Waals surface area contributed by atoms with Crippen molar-refractivity contribution in [3.05, 3.63) is 59.7 Å². The van der Waals surface area contributed by atoms with Gasteiger partial charge in [-0.3, -0.25) is 9.59 Å². The Morgan fingerprint density at radius 2 is 1.83 bits per heavy atom. The van der Waals surface area contributed by atoms with E-state index < -0.39 is 5.91 Å². The minimum absolute atomic E-state index is 0.271. The predicted octanol–water partition coefficient (Wildman–Crippen LogP) is 3.22. The molecule has 0 aliphatic rings. The van der Waals surface area contributed by atoms with Crippen LogP contribution in [0.1, 0.15) is 40.5 Å². The molecule has 0 spiro atoms. The number of carbonyl (C=O) groups is 2. The zero-order chi connectivity index (χ0) is 16.7. The van der Waals surface area contributed by atoms with Crippen molar-refractivity contribution in [2.75, 3.05) is 11.9 Å². The highest BCUT2D eigenvalue weighted by Gasteiger charge is 2.09. The quantitative estimate of drug-likeness (QED) is 0.770. The van der Waals surface area contributed by atoms with Gasteiger partial charge in [0.1, 0.15) is 5.75 Å². The van der Waals surface area contributed by atoms with Gasteiger partial charge in [0.25, 0.3) is 5.91 Å². The molecule has 0 unspecified atom stereocenters. The zero-order valence-corrected chi connectivity index (χ0v) is 13.0. The maximum Gasteiger partial charge on any atom is 0.255 e. The molecule has 0 heterocycles. The first kappa shape index (κ1) is 16.5. The Hall–Kier alpha value is -2.82. The van der Waals surface area contributed by atoms with Crippen molar-refractivity contribution in [3.8, 4) is 5.75 Å². The van der Waals surface area contributed by atoms with Crippen LogP contribution in [0.25, 0.3) is 0 Å². The number of benzene rings is 2. The van der Waals surface area contributed by atoms with Gasteiger partial charge in [-0.05, 0) is 42.8 Å². The van der Waals surface area contributed by atoms with Crippen LogP contribution in [0.4, 0.5) is 5.69 Å².